The average Bonchev–Trinajstić information content (AvgIpc) is 3.56. The number of likely N-dealkylation sites (tertiary alicyclic amines) is 1. The van der Waals surface area contributed by atoms with Crippen LogP contribution >= 0.6 is 0 Å². The standard InChI is InChI=1S/C32H35FN6/c1-18(2)24-9-8-23-7-6-20(15-39(23)19(24)3)26-14-35-31-28(25-12-22(33)13-27(34-5)29(25)37-31)30(26)38-16-21-10-11-36-32(21,4)17-38/h6-9,12-15,21,28,31,34,36-37H,1,3,10-11,16-17H2,2,4-5H3. The summed E-state index contributed by atoms with van der Waals surface area (Å²) in [4.78, 5) is 9.69. The first-order valence-corrected chi connectivity index (χ1v) is 13.8. The summed E-state index contributed by atoms with van der Waals surface area (Å²) in [5.74, 6) is 0.249. The summed E-state index contributed by atoms with van der Waals surface area (Å²) < 4.78 is 14.9. The number of hydrogen-bond donors (Lipinski definition) is 3. The summed E-state index contributed by atoms with van der Waals surface area (Å²) in [5.41, 5.74) is 10.1. The van der Waals surface area contributed by atoms with E-state index in [2.05, 4.69) is 76.3 Å². The first-order valence-electron chi connectivity index (χ1n) is 13.8. The summed E-state index contributed by atoms with van der Waals surface area (Å²) in [7, 11) is 1.83. The highest BCUT2D eigenvalue weighted by atomic mass is 19.1. The Morgan fingerprint density at radius 1 is 1.26 bits per heavy atom. The van der Waals surface area contributed by atoms with Crippen molar-refractivity contribution in [2.24, 2.45) is 10.9 Å². The molecule has 0 aromatic heterocycles. The van der Waals surface area contributed by atoms with Crippen molar-refractivity contribution >= 4 is 17.6 Å². The van der Waals surface area contributed by atoms with E-state index in [1.165, 1.54) is 12.1 Å². The van der Waals surface area contributed by atoms with E-state index in [1.54, 1.807) is 12.1 Å². The number of dihydropyridines is 1. The highest BCUT2D eigenvalue weighted by Crippen LogP contribution is 2.51. The fourth-order valence-electron chi connectivity index (χ4n) is 7.24. The van der Waals surface area contributed by atoms with Gasteiger partial charge in [0.2, 0.25) is 0 Å². The molecule has 4 atom stereocenters. The Bertz CT molecular complexity index is 1510. The van der Waals surface area contributed by atoms with Crippen molar-refractivity contribution in [1.82, 2.24) is 15.1 Å². The van der Waals surface area contributed by atoms with Crippen LogP contribution in [0.25, 0.3) is 0 Å². The molecule has 3 N–H and O–H groups in total. The lowest BCUT2D eigenvalue weighted by molar-refractivity contribution is 0.331. The zero-order chi connectivity index (χ0) is 27.1. The molecule has 2 fully saturated rings. The van der Waals surface area contributed by atoms with Crippen LogP contribution < -0.4 is 16.0 Å². The summed E-state index contributed by atoms with van der Waals surface area (Å²) in [6.45, 7) is 15.8. The second-order valence-electron chi connectivity index (χ2n) is 11.7. The third-order valence-electron chi connectivity index (χ3n) is 9.28. The Labute approximate surface area is 229 Å². The zero-order valence-corrected chi connectivity index (χ0v) is 22.8. The van der Waals surface area contributed by atoms with Crippen LogP contribution in [-0.2, 0) is 0 Å². The van der Waals surface area contributed by atoms with Crippen LogP contribution in [0.5, 0.6) is 0 Å². The van der Waals surface area contributed by atoms with Gasteiger partial charge in [0.05, 0.1) is 17.3 Å². The maximum Gasteiger partial charge on any atom is 0.131 e. The molecule has 0 amide bonds. The minimum absolute atomic E-state index is 0.0736. The number of nitrogens with one attached hydrogen (secondary N) is 3. The molecule has 0 radical (unpaired) electrons. The number of anilines is 2. The average molecular weight is 523 g/mol. The molecule has 7 rings (SSSR count). The largest absolute Gasteiger partial charge is 0.386 e. The van der Waals surface area contributed by atoms with Gasteiger partial charge in [-0.2, -0.15) is 0 Å². The Hall–Kier alpha value is -3.84. The van der Waals surface area contributed by atoms with Crippen molar-refractivity contribution in [3.8, 4) is 0 Å². The number of aliphatic imine (C=N–C) groups is 1. The van der Waals surface area contributed by atoms with E-state index in [0.29, 0.717) is 5.92 Å². The number of halogens is 1. The molecule has 1 aromatic rings. The van der Waals surface area contributed by atoms with E-state index in [4.69, 9.17) is 4.99 Å². The van der Waals surface area contributed by atoms with Crippen LogP contribution in [0.3, 0.4) is 0 Å². The normalized spacial score (nSPS) is 30.3. The molecule has 7 heteroatoms. The molecule has 6 aliphatic rings. The van der Waals surface area contributed by atoms with Crippen molar-refractivity contribution < 1.29 is 4.39 Å². The molecule has 2 saturated heterocycles. The fourth-order valence-corrected chi connectivity index (χ4v) is 7.24. The molecule has 0 aliphatic carbocycles. The van der Waals surface area contributed by atoms with Crippen molar-refractivity contribution in [2.45, 2.75) is 37.9 Å². The summed E-state index contributed by atoms with van der Waals surface area (Å²) in [6.07, 6.45) is 13.7. The number of allylic oxidation sites excluding steroid dienone is 7. The smallest absolute Gasteiger partial charge is 0.131 e. The van der Waals surface area contributed by atoms with Gasteiger partial charge in [0.25, 0.3) is 0 Å². The highest BCUT2D eigenvalue weighted by Gasteiger charge is 2.50. The maximum absolute atomic E-state index is 14.9. The van der Waals surface area contributed by atoms with E-state index in [0.717, 1.165) is 70.3 Å². The minimum Gasteiger partial charge on any atom is -0.386 e. The third-order valence-corrected chi connectivity index (χ3v) is 9.28. The van der Waals surface area contributed by atoms with Gasteiger partial charge in [-0.25, -0.2) is 4.39 Å². The van der Waals surface area contributed by atoms with Crippen LogP contribution in [0.15, 0.2) is 100 Å². The molecule has 200 valence electrons. The van der Waals surface area contributed by atoms with Gasteiger partial charge in [0, 0.05) is 71.9 Å². The predicted molar refractivity (Wildman–Crippen MR) is 157 cm³/mol. The van der Waals surface area contributed by atoms with Gasteiger partial charge in [-0.05, 0) is 68.2 Å². The van der Waals surface area contributed by atoms with Crippen molar-refractivity contribution in [3.63, 3.8) is 0 Å². The molecule has 6 nitrogen and oxygen atoms in total. The van der Waals surface area contributed by atoms with Gasteiger partial charge >= 0.3 is 0 Å². The van der Waals surface area contributed by atoms with E-state index >= 15 is 0 Å². The van der Waals surface area contributed by atoms with Gasteiger partial charge in [0.1, 0.15) is 12.0 Å². The molecule has 6 heterocycles. The number of fused-ring (bicyclic) bond motifs is 5. The number of nitrogens with zero attached hydrogens (tertiary/aromatic N) is 3. The maximum atomic E-state index is 14.9. The second-order valence-corrected chi connectivity index (χ2v) is 11.7. The molecule has 4 unspecified atom stereocenters. The number of hydrogen-bond acceptors (Lipinski definition) is 6. The van der Waals surface area contributed by atoms with Gasteiger partial charge in [0.15, 0.2) is 0 Å². The summed E-state index contributed by atoms with van der Waals surface area (Å²) in [6, 6.07) is 3.24. The van der Waals surface area contributed by atoms with E-state index in [1.807, 2.05) is 20.2 Å². The molecule has 0 spiro atoms. The van der Waals surface area contributed by atoms with Crippen LogP contribution in [0.4, 0.5) is 15.8 Å². The van der Waals surface area contributed by atoms with Gasteiger partial charge in [-0.3, -0.25) is 4.99 Å². The van der Waals surface area contributed by atoms with Crippen LogP contribution in [0, 0.1) is 11.7 Å². The van der Waals surface area contributed by atoms with Gasteiger partial charge < -0.3 is 25.8 Å². The first kappa shape index (κ1) is 24.2. The lowest BCUT2D eigenvalue weighted by Gasteiger charge is -2.37. The zero-order valence-electron chi connectivity index (χ0n) is 22.8. The van der Waals surface area contributed by atoms with Crippen LogP contribution in [0.1, 0.15) is 31.7 Å². The topological polar surface area (TPSA) is 54.9 Å². The Balaban J connectivity index is 1.37. The Morgan fingerprint density at radius 3 is 2.87 bits per heavy atom. The highest BCUT2D eigenvalue weighted by molar-refractivity contribution is 5.91. The van der Waals surface area contributed by atoms with Crippen molar-refractivity contribution in [3.05, 3.63) is 107 Å². The predicted octanol–water partition coefficient (Wildman–Crippen LogP) is 5.39. The lowest BCUT2D eigenvalue weighted by atomic mass is 9.86. The van der Waals surface area contributed by atoms with Crippen molar-refractivity contribution in [1.29, 1.82) is 0 Å². The molecule has 39 heavy (non-hydrogen) atoms. The lowest BCUT2D eigenvalue weighted by Crippen LogP contribution is -2.44. The SMILES string of the molecule is C=C(C)C1=CC=C2C=CC(C3=C(N4CC5CCNC5(C)C4)C4c5cc(F)cc(NC)c5NC4N=C3)=CN2C1=C. The Kier molecular flexibility index (Phi) is 5.33. The second kappa shape index (κ2) is 8.58. The summed E-state index contributed by atoms with van der Waals surface area (Å²) >= 11 is 0. The minimum atomic E-state index is -0.238. The third kappa shape index (κ3) is 3.59. The van der Waals surface area contributed by atoms with E-state index in [-0.39, 0.29) is 23.4 Å². The van der Waals surface area contributed by atoms with E-state index < -0.39 is 0 Å². The number of benzene rings is 1. The molecule has 6 aliphatic heterocycles. The molecule has 0 bridgehead atoms. The van der Waals surface area contributed by atoms with Crippen molar-refractivity contribution in [2.75, 3.05) is 37.3 Å². The van der Waals surface area contributed by atoms with E-state index in [9.17, 15) is 4.39 Å². The van der Waals surface area contributed by atoms with Crippen LogP contribution in [0.2, 0.25) is 0 Å². The summed E-state index contributed by atoms with van der Waals surface area (Å²) in [5, 5.41) is 10.5. The quantitative estimate of drug-likeness (QED) is 0.495. The molecular weight excluding hydrogens is 487 g/mol. The number of rotatable bonds is 4. The Morgan fingerprint density at radius 2 is 2.10 bits per heavy atom. The molecular formula is C32H35FN6. The van der Waals surface area contributed by atoms with Gasteiger partial charge in [-0.15, -0.1) is 0 Å². The molecule has 0 saturated carbocycles. The van der Waals surface area contributed by atoms with Crippen LogP contribution in [-0.4, -0.2) is 54.4 Å². The fraction of sp³-hybridized carbons (Fsp3) is 0.344. The first-order chi connectivity index (χ1) is 18.8. The van der Waals surface area contributed by atoms with Gasteiger partial charge in [-0.1, -0.05) is 25.3 Å². The monoisotopic (exact) mass is 522 g/mol. The molecule has 1 aromatic carbocycles.